The maximum atomic E-state index is 11.0. The van der Waals surface area contributed by atoms with Gasteiger partial charge in [0.25, 0.3) is 0 Å². The van der Waals surface area contributed by atoms with Crippen LogP contribution in [0.25, 0.3) is 0 Å². The lowest BCUT2D eigenvalue weighted by Crippen LogP contribution is -2.04. The average Bonchev–Trinajstić information content (AvgIpc) is 2.08. The van der Waals surface area contributed by atoms with Gasteiger partial charge in [-0.3, -0.25) is 4.79 Å². The lowest BCUT2D eigenvalue weighted by Gasteiger charge is -2.01. The van der Waals surface area contributed by atoms with E-state index in [4.69, 9.17) is 28.3 Å². The maximum Gasteiger partial charge on any atom is 0.189 e. The highest BCUT2D eigenvalue weighted by Gasteiger charge is 2.10. The third-order valence-electron chi connectivity index (χ3n) is 1.40. The predicted octanol–water partition coefficient (Wildman–Crippen LogP) is 2.17. The van der Waals surface area contributed by atoms with E-state index in [-0.39, 0.29) is 10.6 Å². The summed E-state index contributed by atoms with van der Waals surface area (Å²) in [5.41, 5.74) is 0.256. The van der Waals surface area contributed by atoms with Crippen LogP contribution in [0.2, 0.25) is 10.0 Å². The lowest BCUT2D eigenvalue weighted by molar-refractivity contribution is 0.0904. The molecule has 0 aliphatic heterocycles. The molecule has 12 heavy (non-hydrogen) atoms. The highest BCUT2D eigenvalue weighted by molar-refractivity contribution is 6.43. The zero-order valence-electron chi connectivity index (χ0n) is 6.05. The number of benzene rings is 1. The standard InChI is InChI=1S/C8H6Cl2O2/c9-6-3-1-2-5(8(6)10)7(12)4-11/h1-3,11H,4H2. The quantitative estimate of drug-likeness (QED) is 0.751. The van der Waals surface area contributed by atoms with Gasteiger partial charge < -0.3 is 5.11 Å². The number of halogens is 2. The Morgan fingerprint density at radius 1 is 1.42 bits per heavy atom. The summed E-state index contributed by atoms with van der Waals surface area (Å²) in [6.07, 6.45) is 0. The summed E-state index contributed by atoms with van der Waals surface area (Å²) < 4.78 is 0. The number of hydrogen-bond donors (Lipinski definition) is 1. The molecular weight excluding hydrogens is 199 g/mol. The molecule has 0 spiro atoms. The Balaban J connectivity index is 3.16. The average molecular weight is 205 g/mol. The van der Waals surface area contributed by atoms with Gasteiger partial charge in [0, 0.05) is 5.56 Å². The van der Waals surface area contributed by atoms with Crippen LogP contribution in [0, 0.1) is 0 Å². The van der Waals surface area contributed by atoms with E-state index in [0.717, 1.165) is 0 Å². The summed E-state index contributed by atoms with van der Waals surface area (Å²) >= 11 is 11.4. The van der Waals surface area contributed by atoms with Crippen molar-refractivity contribution in [3.63, 3.8) is 0 Å². The van der Waals surface area contributed by atoms with Gasteiger partial charge in [0.1, 0.15) is 6.61 Å². The second-order valence-electron chi connectivity index (χ2n) is 2.18. The van der Waals surface area contributed by atoms with Crippen molar-refractivity contribution in [2.45, 2.75) is 0 Å². The lowest BCUT2D eigenvalue weighted by atomic mass is 10.1. The van der Waals surface area contributed by atoms with E-state index in [2.05, 4.69) is 0 Å². The largest absolute Gasteiger partial charge is 0.388 e. The molecular formula is C8H6Cl2O2. The molecule has 0 saturated carbocycles. The van der Waals surface area contributed by atoms with Gasteiger partial charge in [-0.15, -0.1) is 0 Å². The smallest absolute Gasteiger partial charge is 0.189 e. The van der Waals surface area contributed by atoms with Crippen LogP contribution in [0.5, 0.6) is 0 Å². The Morgan fingerprint density at radius 3 is 2.67 bits per heavy atom. The number of aliphatic hydroxyl groups excluding tert-OH is 1. The van der Waals surface area contributed by atoms with Gasteiger partial charge >= 0.3 is 0 Å². The van der Waals surface area contributed by atoms with E-state index in [1.807, 2.05) is 0 Å². The van der Waals surface area contributed by atoms with Crippen molar-refractivity contribution >= 4 is 29.0 Å². The summed E-state index contributed by atoms with van der Waals surface area (Å²) in [5, 5.41) is 9.06. The fourth-order valence-electron chi connectivity index (χ4n) is 0.804. The summed E-state index contributed by atoms with van der Waals surface area (Å²) in [6, 6.07) is 4.71. The summed E-state index contributed by atoms with van der Waals surface area (Å²) in [6.45, 7) is -0.555. The van der Waals surface area contributed by atoms with E-state index in [1.54, 1.807) is 12.1 Å². The van der Waals surface area contributed by atoms with Crippen LogP contribution in [0.3, 0.4) is 0 Å². The Bertz CT molecular complexity index is 310. The molecule has 0 heterocycles. The van der Waals surface area contributed by atoms with Crippen LogP contribution in [-0.4, -0.2) is 17.5 Å². The molecule has 0 aromatic heterocycles. The van der Waals surface area contributed by atoms with Crippen molar-refractivity contribution in [3.8, 4) is 0 Å². The maximum absolute atomic E-state index is 11.0. The number of carbonyl (C=O) groups is 1. The first-order chi connectivity index (χ1) is 5.66. The molecule has 4 heteroatoms. The second kappa shape index (κ2) is 3.90. The fraction of sp³-hybridized carbons (Fsp3) is 0.125. The van der Waals surface area contributed by atoms with E-state index in [1.165, 1.54) is 6.07 Å². The number of carbonyl (C=O) groups excluding carboxylic acids is 1. The van der Waals surface area contributed by atoms with Crippen LogP contribution >= 0.6 is 23.2 Å². The summed E-state index contributed by atoms with van der Waals surface area (Å²) in [7, 11) is 0. The zero-order valence-corrected chi connectivity index (χ0v) is 7.56. The molecule has 1 N–H and O–H groups in total. The number of ketones is 1. The van der Waals surface area contributed by atoms with Crippen molar-refractivity contribution in [2.75, 3.05) is 6.61 Å². The van der Waals surface area contributed by atoms with Gasteiger partial charge in [-0.25, -0.2) is 0 Å². The molecule has 0 amide bonds. The molecule has 1 aromatic carbocycles. The predicted molar refractivity (Wildman–Crippen MR) is 47.9 cm³/mol. The van der Waals surface area contributed by atoms with Gasteiger partial charge in [0.2, 0.25) is 0 Å². The van der Waals surface area contributed by atoms with E-state index < -0.39 is 12.4 Å². The molecule has 1 aromatic rings. The SMILES string of the molecule is O=C(CO)c1cccc(Cl)c1Cl. The third-order valence-corrected chi connectivity index (χ3v) is 2.21. The van der Waals surface area contributed by atoms with Crippen LogP contribution in [-0.2, 0) is 0 Å². The van der Waals surface area contributed by atoms with Gasteiger partial charge in [-0.2, -0.15) is 0 Å². The molecule has 0 atom stereocenters. The van der Waals surface area contributed by atoms with Gasteiger partial charge in [0.15, 0.2) is 5.78 Å². The van der Waals surface area contributed by atoms with Gasteiger partial charge in [-0.1, -0.05) is 29.3 Å². The highest BCUT2D eigenvalue weighted by atomic mass is 35.5. The van der Waals surface area contributed by atoms with Crippen LogP contribution < -0.4 is 0 Å². The van der Waals surface area contributed by atoms with Crippen LogP contribution in [0.1, 0.15) is 10.4 Å². The number of hydrogen-bond acceptors (Lipinski definition) is 2. The zero-order chi connectivity index (χ0) is 9.14. The molecule has 0 saturated heterocycles. The molecule has 0 aliphatic rings. The molecule has 0 radical (unpaired) electrons. The topological polar surface area (TPSA) is 37.3 Å². The first-order valence-electron chi connectivity index (χ1n) is 3.25. The van der Waals surface area contributed by atoms with Crippen molar-refractivity contribution < 1.29 is 9.90 Å². The molecule has 2 nitrogen and oxygen atoms in total. The molecule has 0 aliphatic carbocycles. The molecule has 64 valence electrons. The number of rotatable bonds is 2. The van der Waals surface area contributed by atoms with E-state index in [0.29, 0.717) is 5.02 Å². The van der Waals surface area contributed by atoms with Crippen molar-refractivity contribution in [2.24, 2.45) is 0 Å². The normalized spacial score (nSPS) is 9.92. The Labute approximate surface area is 79.7 Å². The molecule has 1 rings (SSSR count). The molecule has 0 bridgehead atoms. The minimum absolute atomic E-state index is 0.193. The van der Waals surface area contributed by atoms with Gasteiger partial charge in [0.05, 0.1) is 10.0 Å². The highest BCUT2D eigenvalue weighted by Crippen LogP contribution is 2.25. The fourth-order valence-corrected chi connectivity index (χ4v) is 1.21. The van der Waals surface area contributed by atoms with Crippen molar-refractivity contribution in [3.05, 3.63) is 33.8 Å². The Morgan fingerprint density at radius 2 is 2.08 bits per heavy atom. The molecule has 0 fully saturated rings. The minimum Gasteiger partial charge on any atom is -0.388 e. The van der Waals surface area contributed by atoms with Crippen molar-refractivity contribution in [1.82, 2.24) is 0 Å². The summed E-state index contributed by atoms with van der Waals surface area (Å²) in [4.78, 5) is 11.0. The number of Topliss-reactive ketones (excluding diaryl/α,β-unsaturated/α-hetero) is 1. The first-order valence-corrected chi connectivity index (χ1v) is 4.00. The first kappa shape index (κ1) is 9.52. The molecule has 0 unspecified atom stereocenters. The van der Waals surface area contributed by atoms with Crippen LogP contribution in [0.4, 0.5) is 0 Å². The van der Waals surface area contributed by atoms with Crippen LogP contribution in [0.15, 0.2) is 18.2 Å². The monoisotopic (exact) mass is 204 g/mol. The van der Waals surface area contributed by atoms with Gasteiger partial charge in [-0.05, 0) is 12.1 Å². The second-order valence-corrected chi connectivity index (χ2v) is 2.97. The van der Waals surface area contributed by atoms with Crippen molar-refractivity contribution in [1.29, 1.82) is 0 Å². The Kier molecular flexibility index (Phi) is 3.09. The van der Waals surface area contributed by atoms with E-state index in [9.17, 15) is 4.79 Å². The Hall–Kier alpha value is -0.570. The minimum atomic E-state index is -0.555. The van der Waals surface area contributed by atoms with E-state index >= 15 is 0 Å². The third kappa shape index (κ3) is 1.78. The number of aliphatic hydroxyl groups is 1. The summed E-state index contributed by atoms with van der Waals surface area (Å²) in [5.74, 6) is -0.428.